The van der Waals surface area contributed by atoms with E-state index in [9.17, 15) is 9.32 Å². The molecular weight excluding hydrogens is 217 g/mol. The van der Waals surface area contributed by atoms with E-state index in [1.807, 2.05) is 0 Å². The second kappa shape index (κ2) is 3.43. The van der Waals surface area contributed by atoms with Crippen LogP contribution in [0.4, 0.5) is 4.53 Å². The third kappa shape index (κ3) is 1.98. The zero-order valence-corrected chi connectivity index (χ0v) is 6.84. The van der Waals surface area contributed by atoms with E-state index in [2.05, 4.69) is 25.9 Å². The second-order valence-corrected chi connectivity index (χ2v) is 2.64. The Labute approximate surface area is 70.2 Å². The summed E-state index contributed by atoms with van der Waals surface area (Å²) in [5, 5.41) is 0. The largest absolute Gasteiger partial charge is 0.397 e. The fourth-order valence-electron chi connectivity index (χ4n) is 0.536. The van der Waals surface area contributed by atoms with Gasteiger partial charge in [-0.05, 0) is 28.1 Å². The van der Waals surface area contributed by atoms with Gasteiger partial charge >= 0.3 is 5.97 Å². The van der Waals surface area contributed by atoms with Gasteiger partial charge in [-0.1, -0.05) is 0 Å². The minimum atomic E-state index is -1.09. The molecule has 3 nitrogen and oxygen atoms in total. The fourth-order valence-corrected chi connectivity index (χ4v) is 0.771. The number of aromatic nitrogens is 1. The number of nitrogens with zero attached hydrogens (tertiary/aromatic N) is 1. The first-order valence-corrected chi connectivity index (χ1v) is 3.48. The molecule has 0 spiro atoms. The zero-order valence-electron chi connectivity index (χ0n) is 5.25. The number of pyridine rings is 1. The Bertz CT molecular complexity index is 262. The van der Waals surface area contributed by atoms with Gasteiger partial charge in [-0.3, -0.25) is 0 Å². The molecule has 0 aromatic carbocycles. The first-order chi connectivity index (χ1) is 5.24. The molecule has 58 valence electrons. The van der Waals surface area contributed by atoms with Gasteiger partial charge in [-0.25, -0.2) is 14.7 Å². The van der Waals surface area contributed by atoms with Crippen LogP contribution in [-0.4, -0.2) is 11.0 Å². The maximum atomic E-state index is 11.3. The normalized spacial score (nSPS) is 9.27. The van der Waals surface area contributed by atoms with Crippen molar-refractivity contribution in [1.29, 1.82) is 0 Å². The molecule has 0 saturated heterocycles. The third-order valence-electron chi connectivity index (χ3n) is 1.01. The molecule has 0 amide bonds. The third-order valence-corrected chi connectivity index (χ3v) is 1.48. The molecule has 0 fully saturated rings. The smallest absolute Gasteiger partial charge is 0.248 e. The van der Waals surface area contributed by atoms with Crippen molar-refractivity contribution in [3.05, 3.63) is 28.5 Å². The van der Waals surface area contributed by atoms with Crippen LogP contribution < -0.4 is 0 Å². The molecule has 0 N–H and O–H groups in total. The zero-order chi connectivity index (χ0) is 8.27. The lowest BCUT2D eigenvalue weighted by Crippen LogP contribution is -2.00. The molecule has 5 heteroatoms. The first-order valence-electron chi connectivity index (χ1n) is 2.68. The van der Waals surface area contributed by atoms with Crippen LogP contribution in [0.1, 0.15) is 10.5 Å². The van der Waals surface area contributed by atoms with E-state index < -0.39 is 5.97 Å². The number of halogens is 2. The summed E-state index contributed by atoms with van der Waals surface area (Å²) in [7, 11) is 0. The van der Waals surface area contributed by atoms with Crippen molar-refractivity contribution in [3.63, 3.8) is 0 Å². The Hall–Kier alpha value is -0.970. The molecule has 1 aromatic rings. The van der Waals surface area contributed by atoms with E-state index in [0.29, 0.717) is 4.47 Å². The second-order valence-electron chi connectivity index (χ2n) is 1.73. The highest BCUT2D eigenvalue weighted by molar-refractivity contribution is 9.10. The molecule has 0 atom stereocenters. The van der Waals surface area contributed by atoms with E-state index >= 15 is 0 Å². The molecule has 0 aliphatic rings. The van der Waals surface area contributed by atoms with Crippen molar-refractivity contribution < 1.29 is 14.3 Å². The Kier molecular flexibility index (Phi) is 2.53. The quantitative estimate of drug-likeness (QED) is 0.725. The summed E-state index contributed by atoms with van der Waals surface area (Å²) in [4.78, 5) is 17.0. The van der Waals surface area contributed by atoms with Gasteiger partial charge in [0.2, 0.25) is 0 Å². The topological polar surface area (TPSA) is 39.2 Å². The molecule has 0 aliphatic carbocycles. The summed E-state index contributed by atoms with van der Waals surface area (Å²) in [6, 6.07) is 2.92. The van der Waals surface area contributed by atoms with Gasteiger partial charge in [0.05, 0.1) is 0 Å². The van der Waals surface area contributed by atoms with Crippen LogP contribution in [0.5, 0.6) is 0 Å². The van der Waals surface area contributed by atoms with Crippen LogP contribution in [0.3, 0.4) is 0 Å². The van der Waals surface area contributed by atoms with Gasteiger partial charge < -0.3 is 0 Å². The summed E-state index contributed by atoms with van der Waals surface area (Å²) in [6.45, 7) is 0. The van der Waals surface area contributed by atoms with Crippen LogP contribution in [0, 0.1) is 0 Å². The molecular formula is C6H3BrFNO2. The van der Waals surface area contributed by atoms with Crippen molar-refractivity contribution in [2.45, 2.75) is 0 Å². The number of carbonyl (C=O) groups is 1. The highest BCUT2D eigenvalue weighted by atomic mass is 79.9. The van der Waals surface area contributed by atoms with Crippen LogP contribution >= 0.6 is 15.9 Å². The van der Waals surface area contributed by atoms with Crippen LogP contribution in [0.2, 0.25) is 0 Å². The Balaban J connectivity index is 2.90. The van der Waals surface area contributed by atoms with Gasteiger partial charge in [0.1, 0.15) is 0 Å². The number of hydrogen-bond acceptors (Lipinski definition) is 3. The minimum absolute atomic E-state index is 0.0595. The van der Waals surface area contributed by atoms with Crippen molar-refractivity contribution in [2.75, 3.05) is 0 Å². The van der Waals surface area contributed by atoms with Crippen LogP contribution in [-0.2, 0) is 4.94 Å². The van der Waals surface area contributed by atoms with Crippen LogP contribution in [0.25, 0.3) is 0 Å². The Morgan fingerprint density at radius 3 is 2.82 bits per heavy atom. The summed E-state index contributed by atoms with van der Waals surface area (Å²) in [6.07, 6.45) is 1.38. The molecule has 0 saturated carbocycles. The van der Waals surface area contributed by atoms with Gasteiger partial charge in [0.25, 0.3) is 0 Å². The monoisotopic (exact) mass is 219 g/mol. The van der Waals surface area contributed by atoms with Gasteiger partial charge in [-0.2, -0.15) is 0 Å². The molecule has 1 aromatic heterocycles. The molecule has 0 unspecified atom stereocenters. The standard InChI is InChI=1S/C6H3BrFNO2/c7-4-1-2-5(9-3-4)6(10)11-8/h1-3H. The average Bonchev–Trinajstić information content (AvgIpc) is 2.05. The SMILES string of the molecule is O=C(OF)c1ccc(Br)cn1. The maximum absolute atomic E-state index is 11.3. The molecule has 0 radical (unpaired) electrons. The van der Waals surface area contributed by atoms with Crippen molar-refractivity contribution in [2.24, 2.45) is 0 Å². The molecule has 0 aliphatic heterocycles. The van der Waals surface area contributed by atoms with Gasteiger partial charge in [-0.15, -0.1) is 0 Å². The molecule has 11 heavy (non-hydrogen) atoms. The molecule has 0 bridgehead atoms. The number of carbonyl (C=O) groups excluding carboxylic acids is 1. The maximum Gasteiger partial charge on any atom is 0.397 e. The summed E-state index contributed by atoms with van der Waals surface area (Å²) in [5.74, 6) is -1.09. The van der Waals surface area contributed by atoms with E-state index in [1.165, 1.54) is 12.3 Å². The van der Waals surface area contributed by atoms with Crippen molar-refractivity contribution in [1.82, 2.24) is 4.98 Å². The van der Waals surface area contributed by atoms with Crippen molar-refractivity contribution in [3.8, 4) is 0 Å². The lowest BCUT2D eigenvalue weighted by atomic mass is 10.4. The number of hydrogen-bond donors (Lipinski definition) is 0. The average molecular weight is 220 g/mol. The predicted molar refractivity (Wildman–Crippen MR) is 38.5 cm³/mol. The molecule has 1 heterocycles. The lowest BCUT2D eigenvalue weighted by Gasteiger charge is -1.92. The van der Waals surface area contributed by atoms with E-state index in [4.69, 9.17) is 0 Å². The van der Waals surface area contributed by atoms with E-state index in [1.54, 1.807) is 6.07 Å². The predicted octanol–water partition coefficient (Wildman–Crippen LogP) is 1.89. The summed E-state index contributed by atoms with van der Waals surface area (Å²) in [5.41, 5.74) is -0.0595. The Morgan fingerprint density at radius 2 is 2.36 bits per heavy atom. The molecule has 1 rings (SSSR count). The fraction of sp³-hybridized carbons (Fsp3) is 0. The Morgan fingerprint density at radius 1 is 1.64 bits per heavy atom. The number of rotatable bonds is 1. The van der Waals surface area contributed by atoms with Crippen LogP contribution in [0.15, 0.2) is 22.8 Å². The van der Waals surface area contributed by atoms with Gasteiger partial charge in [0, 0.05) is 15.2 Å². The van der Waals surface area contributed by atoms with E-state index in [0.717, 1.165) is 0 Å². The highest BCUT2D eigenvalue weighted by Crippen LogP contribution is 2.07. The summed E-state index contributed by atoms with van der Waals surface area (Å²) >= 11 is 3.11. The summed E-state index contributed by atoms with van der Waals surface area (Å²) < 4.78 is 12.0. The lowest BCUT2D eigenvalue weighted by molar-refractivity contribution is -0.0793. The van der Waals surface area contributed by atoms with Crippen molar-refractivity contribution >= 4 is 21.9 Å². The van der Waals surface area contributed by atoms with Gasteiger partial charge in [0.15, 0.2) is 5.69 Å². The first kappa shape index (κ1) is 8.13. The minimum Gasteiger partial charge on any atom is -0.248 e. The highest BCUT2D eigenvalue weighted by Gasteiger charge is 2.07. The van der Waals surface area contributed by atoms with E-state index in [-0.39, 0.29) is 5.69 Å².